The van der Waals surface area contributed by atoms with Gasteiger partial charge >= 0.3 is 0 Å². The van der Waals surface area contributed by atoms with Gasteiger partial charge in [-0.15, -0.1) is 15.3 Å². The molecule has 0 unspecified atom stereocenters. The number of azo groups is 2. The monoisotopic (exact) mass is 599 g/mol. The van der Waals surface area contributed by atoms with Crippen LogP contribution in [0.1, 0.15) is 6.92 Å². The molecular weight excluding hydrogens is 574 g/mol. The summed E-state index contributed by atoms with van der Waals surface area (Å²) < 4.78 is 61.2. The number of aromatic hydroxyl groups is 2. The zero-order chi connectivity index (χ0) is 29.8. The number of phenols is 2. The molecule has 0 heterocycles. The van der Waals surface area contributed by atoms with Crippen LogP contribution in [0.25, 0.3) is 10.8 Å². The van der Waals surface area contributed by atoms with Crippen molar-refractivity contribution in [3.8, 4) is 17.2 Å². The summed E-state index contributed by atoms with van der Waals surface area (Å²) in [5.74, 6) is -0.848. The molecule has 4 N–H and O–H groups in total. The standard InChI is InChI=1S/C26H25N5O8S2/c1-3-40(34,35)18-7-4-16(5-8-18)28-31-25-19-9-12-22(29-30-23-14-17(39-2)6-13-24(23)32)26(33)20(19)10-11-21(25)27-15-41(36,37)38/h4-14,27,32-33H,3,15H2,1-2H3,(H,36,37,38)/b30-29+,31-28+. The molecule has 0 aliphatic rings. The predicted octanol–water partition coefficient (Wildman–Crippen LogP) is 6.14. The summed E-state index contributed by atoms with van der Waals surface area (Å²) in [5, 5.41) is 40.6. The Balaban J connectivity index is 1.76. The maximum Gasteiger partial charge on any atom is 0.283 e. The van der Waals surface area contributed by atoms with Crippen molar-refractivity contribution in [1.29, 1.82) is 0 Å². The van der Waals surface area contributed by atoms with Gasteiger partial charge in [-0.25, -0.2) is 8.42 Å². The van der Waals surface area contributed by atoms with E-state index in [0.717, 1.165) is 0 Å². The molecule has 0 radical (unpaired) electrons. The molecule has 0 saturated carbocycles. The van der Waals surface area contributed by atoms with Gasteiger partial charge in [-0.3, -0.25) is 4.55 Å². The highest BCUT2D eigenvalue weighted by Gasteiger charge is 2.16. The second kappa shape index (κ2) is 11.9. The minimum atomic E-state index is -4.38. The van der Waals surface area contributed by atoms with Crippen molar-refractivity contribution in [2.24, 2.45) is 20.5 Å². The van der Waals surface area contributed by atoms with E-state index in [1.165, 1.54) is 68.6 Å². The van der Waals surface area contributed by atoms with Gasteiger partial charge in [0.2, 0.25) is 0 Å². The van der Waals surface area contributed by atoms with E-state index in [9.17, 15) is 31.6 Å². The molecule has 0 fully saturated rings. The fourth-order valence-electron chi connectivity index (χ4n) is 3.68. The maximum atomic E-state index is 12.1. The Morgan fingerprint density at radius 3 is 2.15 bits per heavy atom. The first-order chi connectivity index (χ1) is 19.4. The van der Waals surface area contributed by atoms with Crippen LogP contribution in [0.5, 0.6) is 17.2 Å². The summed E-state index contributed by atoms with van der Waals surface area (Å²) >= 11 is 0. The van der Waals surface area contributed by atoms with Crippen LogP contribution < -0.4 is 10.1 Å². The fourth-order valence-corrected chi connectivity index (χ4v) is 4.90. The molecule has 0 amide bonds. The highest BCUT2D eigenvalue weighted by Crippen LogP contribution is 2.43. The average molecular weight is 600 g/mol. The second-order valence-corrected chi connectivity index (χ2v) is 12.3. The number of fused-ring (bicyclic) bond motifs is 1. The molecule has 214 valence electrons. The lowest BCUT2D eigenvalue weighted by molar-refractivity contribution is 0.412. The van der Waals surface area contributed by atoms with E-state index >= 15 is 0 Å². The molecule has 0 aliphatic heterocycles. The van der Waals surface area contributed by atoms with Crippen LogP contribution in [0.3, 0.4) is 0 Å². The summed E-state index contributed by atoms with van der Waals surface area (Å²) in [7, 11) is -6.33. The first-order valence-electron chi connectivity index (χ1n) is 11.9. The van der Waals surface area contributed by atoms with Crippen molar-refractivity contribution >= 4 is 59.2 Å². The summed E-state index contributed by atoms with van der Waals surface area (Å²) in [6.07, 6.45) is 0. The van der Waals surface area contributed by atoms with Gasteiger partial charge in [0, 0.05) is 16.8 Å². The van der Waals surface area contributed by atoms with Crippen LogP contribution >= 0.6 is 0 Å². The Morgan fingerprint density at radius 1 is 0.805 bits per heavy atom. The molecule has 0 aliphatic carbocycles. The van der Waals surface area contributed by atoms with E-state index in [-0.39, 0.29) is 50.3 Å². The van der Waals surface area contributed by atoms with E-state index in [4.69, 9.17) is 4.74 Å². The van der Waals surface area contributed by atoms with Crippen molar-refractivity contribution in [3.05, 3.63) is 66.7 Å². The maximum absolute atomic E-state index is 12.1. The number of hydrogen-bond donors (Lipinski definition) is 4. The van der Waals surface area contributed by atoms with Gasteiger partial charge in [0.05, 0.1) is 29.1 Å². The van der Waals surface area contributed by atoms with E-state index < -0.39 is 25.8 Å². The summed E-state index contributed by atoms with van der Waals surface area (Å²) in [4.78, 5) is 0.133. The molecule has 0 saturated heterocycles. The number of methoxy groups -OCH3 is 1. The van der Waals surface area contributed by atoms with Crippen LogP contribution in [0, 0.1) is 0 Å². The van der Waals surface area contributed by atoms with Crippen molar-refractivity contribution in [1.82, 2.24) is 0 Å². The van der Waals surface area contributed by atoms with Crippen LogP contribution in [0.15, 0.2) is 92.1 Å². The molecule has 41 heavy (non-hydrogen) atoms. The first-order valence-corrected chi connectivity index (χ1v) is 15.2. The number of benzene rings is 4. The van der Waals surface area contributed by atoms with Gasteiger partial charge in [0.15, 0.2) is 15.6 Å². The largest absolute Gasteiger partial charge is 0.506 e. The van der Waals surface area contributed by atoms with Crippen molar-refractivity contribution in [2.45, 2.75) is 11.8 Å². The van der Waals surface area contributed by atoms with Crippen LogP contribution in [-0.2, 0) is 20.0 Å². The summed E-state index contributed by atoms with van der Waals surface area (Å²) in [5.41, 5.74) is 0.792. The van der Waals surface area contributed by atoms with E-state index in [2.05, 4.69) is 25.8 Å². The molecule has 0 bridgehead atoms. The molecule has 15 heteroatoms. The minimum Gasteiger partial charge on any atom is -0.506 e. The van der Waals surface area contributed by atoms with Gasteiger partial charge in [-0.2, -0.15) is 13.5 Å². The Bertz CT molecular complexity index is 1870. The van der Waals surface area contributed by atoms with Crippen LogP contribution in [0.4, 0.5) is 28.4 Å². The number of hydrogen-bond acceptors (Lipinski definition) is 12. The molecule has 0 spiro atoms. The molecule has 0 aromatic heterocycles. The summed E-state index contributed by atoms with van der Waals surface area (Å²) in [6, 6.07) is 16.1. The smallest absolute Gasteiger partial charge is 0.283 e. The Hall–Kier alpha value is -4.60. The number of ether oxygens (including phenoxy) is 1. The van der Waals surface area contributed by atoms with Gasteiger partial charge in [-0.1, -0.05) is 6.92 Å². The Morgan fingerprint density at radius 2 is 1.49 bits per heavy atom. The zero-order valence-electron chi connectivity index (χ0n) is 21.8. The number of rotatable bonds is 10. The molecular formula is C26H25N5O8S2. The van der Waals surface area contributed by atoms with Gasteiger partial charge in [0.1, 0.15) is 34.4 Å². The number of phenolic OH excluding ortho intramolecular Hbond substituents is 2. The number of nitrogens with zero attached hydrogens (tertiary/aromatic N) is 4. The highest BCUT2D eigenvalue weighted by molar-refractivity contribution is 7.91. The second-order valence-electron chi connectivity index (χ2n) is 8.55. The number of anilines is 1. The quantitative estimate of drug-likeness (QED) is 0.122. The third-order valence-corrected chi connectivity index (χ3v) is 8.12. The highest BCUT2D eigenvalue weighted by atomic mass is 32.2. The van der Waals surface area contributed by atoms with Crippen molar-refractivity contribution < 1.29 is 36.3 Å². The third-order valence-electron chi connectivity index (χ3n) is 5.86. The summed E-state index contributed by atoms with van der Waals surface area (Å²) in [6.45, 7) is 1.54. The SMILES string of the molecule is CCS(=O)(=O)c1ccc(/N=N/c2c(NCS(=O)(=O)O)ccc3c(O)c(/N=N/c4cc(OC)ccc4O)ccc23)cc1. The van der Waals surface area contributed by atoms with E-state index in [1.807, 2.05) is 0 Å². The van der Waals surface area contributed by atoms with Crippen LogP contribution in [-0.4, -0.2) is 50.3 Å². The number of sulfone groups is 1. The molecule has 4 aromatic carbocycles. The van der Waals surface area contributed by atoms with Crippen molar-refractivity contribution in [3.63, 3.8) is 0 Å². The zero-order valence-corrected chi connectivity index (χ0v) is 23.4. The minimum absolute atomic E-state index is 0.0571. The van der Waals surface area contributed by atoms with E-state index in [0.29, 0.717) is 16.8 Å². The predicted molar refractivity (Wildman–Crippen MR) is 153 cm³/mol. The van der Waals surface area contributed by atoms with Gasteiger partial charge in [0.25, 0.3) is 10.1 Å². The first kappa shape index (κ1) is 29.4. The van der Waals surface area contributed by atoms with E-state index in [1.54, 1.807) is 12.1 Å². The third kappa shape index (κ3) is 6.95. The normalized spacial score (nSPS) is 12.4. The Labute approximate surface area is 235 Å². The van der Waals surface area contributed by atoms with Crippen molar-refractivity contribution in [2.75, 3.05) is 24.1 Å². The molecule has 0 atom stereocenters. The van der Waals surface area contributed by atoms with Gasteiger partial charge in [-0.05, 0) is 60.7 Å². The fraction of sp³-hybridized carbons (Fsp3) is 0.154. The average Bonchev–Trinajstić information content (AvgIpc) is 2.95. The Kier molecular flexibility index (Phi) is 8.51. The lowest BCUT2D eigenvalue weighted by atomic mass is 10.1. The topological polar surface area (TPSA) is 200 Å². The lowest BCUT2D eigenvalue weighted by Gasteiger charge is -2.12. The molecule has 4 aromatic rings. The van der Waals surface area contributed by atoms with Crippen LogP contribution in [0.2, 0.25) is 0 Å². The lowest BCUT2D eigenvalue weighted by Crippen LogP contribution is -2.13. The molecule has 13 nitrogen and oxygen atoms in total. The number of nitrogens with one attached hydrogen (secondary N) is 1. The van der Waals surface area contributed by atoms with Gasteiger partial charge < -0.3 is 20.3 Å². The molecule has 4 rings (SSSR count).